The highest BCUT2D eigenvalue weighted by atomic mass is 32.2. The van der Waals surface area contributed by atoms with Crippen molar-refractivity contribution in [2.45, 2.75) is 52.6 Å². The molecule has 3 aromatic heterocycles. The zero-order valence-corrected chi connectivity index (χ0v) is 23.0. The Hall–Kier alpha value is -2.69. The number of hydrogen-bond donors (Lipinski definition) is 0. The van der Waals surface area contributed by atoms with E-state index in [1.807, 2.05) is 58.1 Å². The average Bonchev–Trinajstić information content (AvgIpc) is 3.59. The van der Waals surface area contributed by atoms with Crippen molar-refractivity contribution in [3.05, 3.63) is 77.2 Å². The predicted molar refractivity (Wildman–Crippen MR) is 142 cm³/mol. The fraction of sp³-hybridized carbons (Fsp3) is 0.320. The lowest BCUT2D eigenvalue weighted by Crippen LogP contribution is -2.36. The van der Waals surface area contributed by atoms with Gasteiger partial charge in [-0.3, -0.25) is 9.36 Å². The monoisotopic (exact) mass is 531 g/mol. The molecule has 0 unspecified atom stereocenters. The van der Waals surface area contributed by atoms with Crippen molar-refractivity contribution < 1.29 is 13.5 Å². The summed E-state index contributed by atoms with van der Waals surface area (Å²) in [4.78, 5) is 16.1. The zero-order chi connectivity index (χ0) is 25.3. The topological polar surface area (TPSA) is 55.2 Å². The zero-order valence-electron chi connectivity index (χ0n) is 20.6. The van der Waals surface area contributed by atoms with Crippen LogP contribution in [-0.4, -0.2) is 16.8 Å². The summed E-state index contributed by atoms with van der Waals surface area (Å²) in [5.74, 6) is 0.539. The SMILES string of the molecule is CC.CCn1c(=O)/c(=C2\Sc3cc(F)ccc3N2C)s/c1=C\c1scc[n+]1Cc1c(C)noc1C. The maximum atomic E-state index is 13.7. The Morgan fingerprint density at radius 1 is 1.26 bits per heavy atom. The molecule has 5 rings (SSSR count). The van der Waals surface area contributed by atoms with E-state index in [9.17, 15) is 9.18 Å². The van der Waals surface area contributed by atoms with Gasteiger partial charge in [-0.15, -0.1) is 11.3 Å². The minimum Gasteiger partial charge on any atom is -0.361 e. The van der Waals surface area contributed by atoms with Gasteiger partial charge in [-0.05, 0) is 39.0 Å². The summed E-state index contributed by atoms with van der Waals surface area (Å²) in [6.45, 7) is 11.1. The van der Waals surface area contributed by atoms with Crippen molar-refractivity contribution >= 4 is 51.2 Å². The Kier molecular flexibility index (Phi) is 7.63. The van der Waals surface area contributed by atoms with Gasteiger partial charge in [0.25, 0.3) is 10.6 Å². The van der Waals surface area contributed by atoms with Crippen LogP contribution < -0.4 is 24.2 Å². The highest BCUT2D eigenvalue weighted by molar-refractivity contribution is 8.08. The van der Waals surface area contributed by atoms with Crippen LogP contribution in [0.5, 0.6) is 0 Å². The van der Waals surface area contributed by atoms with Gasteiger partial charge in [0, 0.05) is 18.5 Å². The number of aromatic nitrogens is 3. The van der Waals surface area contributed by atoms with Crippen molar-refractivity contribution in [2.24, 2.45) is 0 Å². The minimum absolute atomic E-state index is 0.0230. The van der Waals surface area contributed by atoms with Gasteiger partial charge in [0.1, 0.15) is 25.8 Å². The number of thiazole rings is 2. The summed E-state index contributed by atoms with van der Waals surface area (Å²) in [7, 11) is 1.92. The summed E-state index contributed by atoms with van der Waals surface area (Å²) >= 11 is 4.53. The number of aryl methyl sites for hydroxylation is 2. The normalized spacial score (nSPS) is 14.8. The lowest BCUT2D eigenvalue weighted by atomic mass is 10.2. The van der Waals surface area contributed by atoms with Crippen LogP contribution in [0.25, 0.3) is 11.1 Å². The Morgan fingerprint density at radius 2 is 2.03 bits per heavy atom. The van der Waals surface area contributed by atoms with E-state index in [0.29, 0.717) is 17.6 Å². The largest absolute Gasteiger partial charge is 0.361 e. The maximum absolute atomic E-state index is 13.7. The van der Waals surface area contributed by atoms with Crippen molar-refractivity contribution in [3.63, 3.8) is 0 Å². The Balaban J connectivity index is 0.00000141. The van der Waals surface area contributed by atoms with Crippen LogP contribution in [-0.2, 0) is 13.1 Å². The van der Waals surface area contributed by atoms with E-state index in [1.54, 1.807) is 22.0 Å². The fourth-order valence-electron chi connectivity index (χ4n) is 3.86. The molecule has 35 heavy (non-hydrogen) atoms. The highest BCUT2D eigenvalue weighted by Gasteiger charge is 2.25. The summed E-state index contributed by atoms with van der Waals surface area (Å²) in [5, 5.41) is 7.96. The molecule has 0 amide bonds. The summed E-state index contributed by atoms with van der Waals surface area (Å²) in [6.07, 6.45) is 4.10. The second-order valence-electron chi connectivity index (χ2n) is 7.71. The quantitative estimate of drug-likeness (QED) is 0.369. The highest BCUT2D eigenvalue weighted by Crippen LogP contribution is 2.45. The number of rotatable bonds is 4. The Morgan fingerprint density at radius 3 is 2.71 bits per heavy atom. The molecule has 1 aliphatic heterocycles. The van der Waals surface area contributed by atoms with Gasteiger partial charge in [-0.25, -0.2) is 4.39 Å². The first kappa shape index (κ1) is 25.4. The molecular formula is C25H28FN4O2S3+. The second kappa shape index (κ2) is 10.5. The third-order valence-corrected chi connectivity index (χ3v) is 9.00. The molecule has 10 heteroatoms. The summed E-state index contributed by atoms with van der Waals surface area (Å²) < 4.78 is 24.5. The van der Waals surface area contributed by atoms with Gasteiger partial charge in [-0.1, -0.05) is 42.1 Å². The molecule has 0 N–H and O–H groups in total. The van der Waals surface area contributed by atoms with E-state index in [2.05, 4.69) is 15.8 Å². The van der Waals surface area contributed by atoms with Gasteiger partial charge < -0.3 is 9.42 Å². The molecular weight excluding hydrogens is 504 g/mol. The standard InChI is InChI=1S/C23H22FN4O2S3.C2H6/c1-5-28-20(11-19-27(8-9-31-19)12-16-13(2)25-30-14(16)3)33-21(22(28)29)23-26(4)17-7-6-15(24)10-18(17)32-23;1-2/h6-11H,5,12H2,1-4H3;1-2H3/q+1;/b23-21+;. The number of hydrogen-bond acceptors (Lipinski definition) is 7. The van der Waals surface area contributed by atoms with Crippen LogP contribution in [0.1, 0.15) is 42.8 Å². The van der Waals surface area contributed by atoms with Crippen LogP contribution in [0.15, 0.2) is 44.0 Å². The van der Waals surface area contributed by atoms with E-state index >= 15 is 0 Å². The molecule has 0 radical (unpaired) electrons. The third kappa shape index (κ3) is 4.74. The first-order chi connectivity index (χ1) is 16.9. The van der Waals surface area contributed by atoms with Gasteiger partial charge >= 0.3 is 0 Å². The van der Waals surface area contributed by atoms with Gasteiger partial charge in [-0.2, -0.15) is 4.57 Å². The van der Waals surface area contributed by atoms with Gasteiger partial charge in [0.2, 0.25) is 0 Å². The van der Waals surface area contributed by atoms with Crippen molar-refractivity contribution in [2.75, 3.05) is 11.9 Å². The molecule has 4 heterocycles. The minimum atomic E-state index is -0.275. The second-order valence-corrected chi connectivity index (χ2v) is 10.7. The molecule has 0 atom stereocenters. The molecule has 6 nitrogen and oxygen atoms in total. The molecule has 1 aromatic carbocycles. The molecule has 0 bridgehead atoms. The molecule has 0 spiro atoms. The molecule has 0 saturated carbocycles. The fourth-order valence-corrected chi connectivity index (χ4v) is 7.20. The number of nitrogens with zero attached hydrogens (tertiary/aromatic N) is 4. The van der Waals surface area contributed by atoms with Crippen molar-refractivity contribution in [1.82, 2.24) is 9.72 Å². The summed E-state index contributed by atoms with van der Waals surface area (Å²) in [6, 6.07) is 4.73. The van der Waals surface area contributed by atoms with E-state index in [0.717, 1.165) is 42.3 Å². The predicted octanol–water partition coefficient (Wildman–Crippen LogP) is 4.23. The van der Waals surface area contributed by atoms with E-state index in [1.165, 1.54) is 35.2 Å². The lowest BCUT2D eigenvalue weighted by Gasteiger charge is -2.12. The van der Waals surface area contributed by atoms with Crippen LogP contribution in [0.4, 0.5) is 10.1 Å². The molecule has 184 valence electrons. The van der Waals surface area contributed by atoms with Crippen LogP contribution in [0.2, 0.25) is 0 Å². The first-order valence-electron chi connectivity index (χ1n) is 11.4. The van der Waals surface area contributed by atoms with Crippen LogP contribution >= 0.6 is 34.4 Å². The van der Waals surface area contributed by atoms with E-state index in [4.69, 9.17) is 4.52 Å². The summed E-state index contributed by atoms with van der Waals surface area (Å²) in [5.41, 5.74) is 2.84. The van der Waals surface area contributed by atoms with Crippen LogP contribution in [0, 0.1) is 19.7 Å². The van der Waals surface area contributed by atoms with Crippen molar-refractivity contribution in [1.29, 1.82) is 0 Å². The molecule has 4 aromatic rings. The number of thioether (sulfide) groups is 1. The van der Waals surface area contributed by atoms with Gasteiger partial charge in [0.05, 0.1) is 28.4 Å². The third-order valence-electron chi connectivity index (χ3n) is 5.69. The number of fused-ring (bicyclic) bond motifs is 1. The lowest BCUT2D eigenvalue weighted by molar-refractivity contribution is -0.685. The van der Waals surface area contributed by atoms with E-state index in [-0.39, 0.29) is 11.4 Å². The Labute approximate surface area is 215 Å². The number of anilines is 1. The van der Waals surface area contributed by atoms with Crippen molar-refractivity contribution in [3.8, 4) is 0 Å². The molecule has 1 aliphatic rings. The number of benzene rings is 1. The van der Waals surface area contributed by atoms with Gasteiger partial charge in [0.15, 0.2) is 12.7 Å². The number of halogens is 1. The first-order valence-corrected chi connectivity index (χ1v) is 13.9. The average molecular weight is 532 g/mol. The Bertz CT molecular complexity index is 1530. The van der Waals surface area contributed by atoms with E-state index < -0.39 is 0 Å². The smallest absolute Gasteiger partial charge is 0.271 e. The molecule has 0 saturated heterocycles. The maximum Gasteiger partial charge on any atom is 0.271 e. The molecule has 0 aliphatic carbocycles. The van der Waals surface area contributed by atoms with Crippen LogP contribution in [0.3, 0.4) is 0 Å². The molecule has 0 fully saturated rings.